The predicted molar refractivity (Wildman–Crippen MR) is 77.2 cm³/mol. The van der Waals surface area contributed by atoms with Crippen LogP contribution in [0.25, 0.3) is 11.0 Å². The normalized spacial score (nSPS) is 19.8. The van der Waals surface area contributed by atoms with E-state index in [1.54, 1.807) is 0 Å². The number of hydrogen-bond donors (Lipinski definition) is 1. The lowest BCUT2D eigenvalue weighted by Crippen LogP contribution is -2.34. The Labute approximate surface area is 114 Å². The summed E-state index contributed by atoms with van der Waals surface area (Å²) in [7, 11) is 2.15. The van der Waals surface area contributed by atoms with Gasteiger partial charge in [-0.1, -0.05) is 12.5 Å². The van der Waals surface area contributed by atoms with Gasteiger partial charge in [0.25, 0.3) is 0 Å². The molecule has 2 aliphatic rings. The van der Waals surface area contributed by atoms with Crippen molar-refractivity contribution >= 4 is 11.0 Å². The van der Waals surface area contributed by atoms with Gasteiger partial charge in [0.15, 0.2) is 0 Å². The van der Waals surface area contributed by atoms with Crippen molar-refractivity contribution in [2.45, 2.75) is 50.6 Å². The summed E-state index contributed by atoms with van der Waals surface area (Å²) < 4.78 is 2.27. The van der Waals surface area contributed by atoms with Crippen LogP contribution in [0.3, 0.4) is 0 Å². The van der Waals surface area contributed by atoms with Gasteiger partial charge in [-0.3, -0.25) is 0 Å². The molecule has 0 saturated heterocycles. The van der Waals surface area contributed by atoms with Crippen LogP contribution >= 0.6 is 0 Å². The smallest absolute Gasteiger partial charge is 0.112 e. The molecular formula is C16H21N3. The van der Waals surface area contributed by atoms with Gasteiger partial charge in [0.1, 0.15) is 5.82 Å². The summed E-state index contributed by atoms with van der Waals surface area (Å²) in [4.78, 5) is 4.83. The van der Waals surface area contributed by atoms with Gasteiger partial charge >= 0.3 is 0 Å². The summed E-state index contributed by atoms with van der Waals surface area (Å²) in [6, 6.07) is 7.48. The molecule has 0 aliphatic heterocycles. The molecule has 0 amide bonds. The second-order valence-electron chi connectivity index (χ2n) is 6.14. The summed E-state index contributed by atoms with van der Waals surface area (Å²) in [5.74, 6) is 1.99. The lowest BCUT2D eigenvalue weighted by molar-refractivity contribution is 0.338. The van der Waals surface area contributed by atoms with Crippen LogP contribution in [-0.2, 0) is 13.6 Å². The van der Waals surface area contributed by atoms with Gasteiger partial charge in [-0.05, 0) is 43.4 Å². The Morgan fingerprint density at radius 3 is 2.79 bits per heavy atom. The highest BCUT2D eigenvalue weighted by atomic mass is 15.1. The van der Waals surface area contributed by atoms with E-state index >= 15 is 0 Å². The van der Waals surface area contributed by atoms with Gasteiger partial charge < -0.3 is 9.88 Å². The van der Waals surface area contributed by atoms with E-state index in [0.29, 0.717) is 5.92 Å². The Morgan fingerprint density at radius 2 is 2.11 bits per heavy atom. The number of rotatable bonds is 4. The highest BCUT2D eigenvalue weighted by Gasteiger charge is 2.28. The quantitative estimate of drug-likeness (QED) is 0.910. The largest absolute Gasteiger partial charge is 0.331 e. The summed E-state index contributed by atoms with van der Waals surface area (Å²) in [5, 5.41) is 3.62. The molecule has 4 rings (SSSR count). The number of hydrogen-bond acceptors (Lipinski definition) is 2. The fraction of sp³-hybridized carbons (Fsp3) is 0.562. The molecule has 2 aliphatic carbocycles. The van der Waals surface area contributed by atoms with Crippen LogP contribution in [0.4, 0.5) is 0 Å². The number of imidazole rings is 1. The third kappa shape index (κ3) is 2.06. The van der Waals surface area contributed by atoms with Crippen LogP contribution in [0.1, 0.15) is 49.4 Å². The van der Waals surface area contributed by atoms with Crippen molar-refractivity contribution in [2.24, 2.45) is 7.05 Å². The maximum Gasteiger partial charge on any atom is 0.112 e. The number of benzene rings is 1. The van der Waals surface area contributed by atoms with Gasteiger partial charge in [0.2, 0.25) is 0 Å². The first kappa shape index (κ1) is 11.5. The van der Waals surface area contributed by atoms with Gasteiger partial charge in [-0.15, -0.1) is 0 Å². The average molecular weight is 255 g/mol. The van der Waals surface area contributed by atoms with Crippen LogP contribution in [0.15, 0.2) is 18.2 Å². The molecule has 3 nitrogen and oxygen atoms in total. The third-order valence-corrected chi connectivity index (χ3v) is 4.62. The molecule has 0 radical (unpaired) electrons. The molecule has 0 bridgehead atoms. The second-order valence-corrected chi connectivity index (χ2v) is 6.14. The van der Waals surface area contributed by atoms with E-state index in [9.17, 15) is 0 Å². The standard InChI is InChI=1S/C16H21N3/c1-19-15-8-5-11(10-17-13-3-2-4-13)9-14(15)18-16(19)12-6-7-12/h5,8-9,12-13,17H,2-4,6-7,10H2,1H3. The fourth-order valence-corrected chi connectivity index (χ4v) is 2.96. The molecule has 1 N–H and O–H groups in total. The minimum Gasteiger partial charge on any atom is -0.331 e. The van der Waals surface area contributed by atoms with Crippen LogP contribution in [0.2, 0.25) is 0 Å². The number of nitrogens with zero attached hydrogens (tertiary/aromatic N) is 2. The van der Waals surface area contributed by atoms with E-state index in [4.69, 9.17) is 4.98 Å². The van der Waals surface area contributed by atoms with Crippen molar-refractivity contribution < 1.29 is 0 Å². The molecule has 0 atom stereocenters. The molecule has 100 valence electrons. The monoisotopic (exact) mass is 255 g/mol. The molecule has 1 aromatic heterocycles. The van der Waals surface area contributed by atoms with Crippen molar-refractivity contribution in [3.05, 3.63) is 29.6 Å². The van der Waals surface area contributed by atoms with Gasteiger partial charge in [-0.25, -0.2) is 4.98 Å². The van der Waals surface area contributed by atoms with Crippen LogP contribution in [0.5, 0.6) is 0 Å². The van der Waals surface area contributed by atoms with E-state index in [1.165, 1.54) is 49.0 Å². The Hall–Kier alpha value is -1.35. The topological polar surface area (TPSA) is 29.9 Å². The zero-order chi connectivity index (χ0) is 12.8. The molecule has 2 fully saturated rings. The minimum absolute atomic E-state index is 0.717. The molecule has 0 unspecified atom stereocenters. The number of fused-ring (bicyclic) bond motifs is 1. The fourth-order valence-electron chi connectivity index (χ4n) is 2.96. The molecule has 19 heavy (non-hydrogen) atoms. The van der Waals surface area contributed by atoms with E-state index in [0.717, 1.165) is 18.1 Å². The lowest BCUT2D eigenvalue weighted by Gasteiger charge is -2.26. The molecule has 2 saturated carbocycles. The summed E-state index contributed by atoms with van der Waals surface area (Å²) in [5.41, 5.74) is 3.80. The Bertz CT molecular complexity index is 606. The third-order valence-electron chi connectivity index (χ3n) is 4.62. The zero-order valence-corrected chi connectivity index (χ0v) is 11.5. The maximum absolute atomic E-state index is 4.83. The first-order valence-electron chi connectivity index (χ1n) is 7.50. The van der Waals surface area contributed by atoms with Crippen LogP contribution in [-0.4, -0.2) is 15.6 Å². The summed E-state index contributed by atoms with van der Waals surface area (Å²) in [6.45, 7) is 0.982. The van der Waals surface area contributed by atoms with E-state index in [-0.39, 0.29) is 0 Å². The molecule has 3 heteroatoms. The summed E-state index contributed by atoms with van der Waals surface area (Å²) >= 11 is 0. The average Bonchev–Trinajstić information content (AvgIpc) is 3.13. The Kier molecular flexibility index (Phi) is 2.62. The molecule has 1 heterocycles. The Balaban J connectivity index is 1.59. The van der Waals surface area contributed by atoms with Gasteiger partial charge in [0, 0.05) is 25.6 Å². The first-order valence-corrected chi connectivity index (χ1v) is 7.50. The van der Waals surface area contributed by atoms with Gasteiger partial charge in [0.05, 0.1) is 11.0 Å². The van der Waals surface area contributed by atoms with Gasteiger partial charge in [-0.2, -0.15) is 0 Å². The number of nitrogens with one attached hydrogen (secondary N) is 1. The van der Waals surface area contributed by atoms with Crippen molar-refractivity contribution in [3.8, 4) is 0 Å². The van der Waals surface area contributed by atoms with Crippen molar-refractivity contribution in [1.29, 1.82) is 0 Å². The zero-order valence-electron chi connectivity index (χ0n) is 11.5. The van der Waals surface area contributed by atoms with Crippen LogP contribution < -0.4 is 5.32 Å². The SMILES string of the molecule is Cn1c(C2CC2)nc2cc(CNC3CCC3)ccc21. The van der Waals surface area contributed by atoms with E-state index in [1.807, 2.05) is 0 Å². The van der Waals surface area contributed by atoms with Crippen molar-refractivity contribution in [3.63, 3.8) is 0 Å². The van der Waals surface area contributed by atoms with Crippen molar-refractivity contribution in [1.82, 2.24) is 14.9 Å². The van der Waals surface area contributed by atoms with Crippen molar-refractivity contribution in [2.75, 3.05) is 0 Å². The van der Waals surface area contributed by atoms with E-state index in [2.05, 4.69) is 35.1 Å². The molecule has 1 aromatic carbocycles. The highest BCUT2D eigenvalue weighted by molar-refractivity contribution is 5.77. The molecular weight excluding hydrogens is 234 g/mol. The predicted octanol–water partition coefficient (Wildman–Crippen LogP) is 3.09. The summed E-state index contributed by atoms with van der Waals surface area (Å²) in [6.07, 6.45) is 6.71. The highest BCUT2D eigenvalue weighted by Crippen LogP contribution is 2.40. The molecule has 2 aromatic rings. The maximum atomic E-state index is 4.83. The van der Waals surface area contributed by atoms with E-state index < -0.39 is 0 Å². The second kappa shape index (κ2) is 4.34. The Morgan fingerprint density at radius 1 is 1.26 bits per heavy atom. The number of aryl methyl sites for hydroxylation is 1. The van der Waals surface area contributed by atoms with Crippen LogP contribution in [0, 0.1) is 0 Å². The molecule has 0 spiro atoms. The lowest BCUT2D eigenvalue weighted by atomic mass is 9.93. The first-order chi connectivity index (χ1) is 9.31. The minimum atomic E-state index is 0.717. The number of aromatic nitrogens is 2.